The average molecular weight is 341 g/mol. The molecule has 0 aliphatic rings. The van der Waals surface area contributed by atoms with Crippen molar-refractivity contribution in [1.82, 2.24) is 9.97 Å². The van der Waals surface area contributed by atoms with Crippen LogP contribution in [-0.4, -0.2) is 15.1 Å². The minimum absolute atomic E-state index is 0. The summed E-state index contributed by atoms with van der Waals surface area (Å²) in [5.74, 6) is 1.44. The Kier molecular flexibility index (Phi) is 4.27. The van der Waals surface area contributed by atoms with Crippen molar-refractivity contribution in [3.8, 4) is 5.75 Å². The number of aryl methyl sites for hydroxylation is 1. The number of furan rings is 1. The van der Waals surface area contributed by atoms with Crippen molar-refractivity contribution in [2.24, 2.45) is 0 Å². The maximum absolute atomic E-state index is 9.97. The molecule has 5 nitrogen and oxygen atoms in total. The molecule has 0 aliphatic carbocycles. The van der Waals surface area contributed by atoms with E-state index >= 15 is 0 Å². The Balaban J connectivity index is 0.00000169. The molecule has 0 radical (unpaired) electrons. The van der Waals surface area contributed by atoms with Crippen LogP contribution >= 0.6 is 0 Å². The number of nitrogens with zero attached hydrogens (tertiary/aromatic N) is 2. The van der Waals surface area contributed by atoms with Crippen molar-refractivity contribution in [2.45, 2.75) is 13.3 Å². The minimum atomic E-state index is 0. The van der Waals surface area contributed by atoms with Gasteiger partial charge < -0.3 is 27.2 Å². The van der Waals surface area contributed by atoms with Crippen molar-refractivity contribution < 1.29 is 21.9 Å². The molecule has 24 heavy (non-hydrogen) atoms. The van der Waals surface area contributed by atoms with E-state index in [9.17, 15) is 5.11 Å². The molecule has 2 heterocycles. The van der Waals surface area contributed by atoms with Crippen molar-refractivity contribution in [1.29, 1.82) is 0 Å². The number of aromatic nitrogens is 2. The highest BCUT2D eigenvalue weighted by atomic mass is 35.5. The molecule has 2 aromatic heterocycles. The highest BCUT2D eigenvalue weighted by molar-refractivity contribution is 6.06. The fraction of sp³-hybridized carbons (Fsp3) is 0.111. The predicted molar refractivity (Wildman–Crippen MR) is 90.1 cm³/mol. The second kappa shape index (κ2) is 6.37. The van der Waals surface area contributed by atoms with Crippen LogP contribution in [0, 0.1) is 0 Å². The highest BCUT2D eigenvalue weighted by Crippen LogP contribution is 2.34. The fourth-order valence-electron chi connectivity index (χ4n) is 2.59. The fourth-order valence-corrected chi connectivity index (χ4v) is 2.59. The Morgan fingerprint density at radius 3 is 2.58 bits per heavy atom. The van der Waals surface area contributed by atoms with Gasteiger partial charge >= 0.3 is 0 Å². The van der Waals surface area contributed by atoms with Gasteiger partial charge in [0.05, 0.1) is 5.69 Å². The van der Waals surface area contributed by atoms with Crippen LogP contribution in [0.2, 0.25) is 0 Å². The van der Waals surface area contributed by atoms with Gasteiger partial charge in [0.1, 0.15) is 22.7 Å². The lowest BCUT2D eigenvalue weighted by molar-refractivity contribution is -0.00000613. The molecule has 4 aromatic rings. The lowest BCUT2D eigenvalue weighted by Gasteiger charge is -2.08. The van der Waals surface area contributed by atoms with Crippen molar-refractivity contribution in [3.63, 3.8) is 0 Å². The van der Waals surface area contributed by atoms with Gasteiger partial charge in [0.2, 0.25) is 0 Å². The van der Waals surface area contributed by atoms with Crippen LogP contribution in [0.4, 0.5) is 11.5 Å². The average Bonchev–Trinajstić information content (AvgIpc) is 2.96. The number of rotatable bonds is 3. The number of fused-ring (bicyclic) bond motifs is 3. The van der Waals surface area contributed by atoms with Gasteiger partial charge in [-0.2, -0.15) is 0 Å². The van der Waals surface area contributed by atoms with Crippen LogP contribution in [0.15, 0.2) is 52.9 Å². The molecule has 0 saturated carbocycles. The van der Waals surface area contributed by atoms with E-state index < -0.39 is 0 Å². The first-order valence-corrected chi connectivity index (χ1v) is 7.49. The van der Waals surface area contributed by atoms with Gasteiger partial charge in [-0.05, 0) is 24.3 Å². The van der Waals surface area contributed by atoms with Crippen molar-refractivity contribution in [2.75, 3.05) is 5.32 Å². The molecular formula is C18H15ClN3O2-. The predicted octanol–water partition coefficient (Wildman–Crippen LogP) is 1.39. The third kappa shape index (κ3) is 2.63. The molecular weight excluding hydrogens is 326 g/mol. The van der Waals surface area contributed by atoms with E-state index in [0.29, 0.717) is 23.5 Å². The zero-order valence-electron chi connectivity index (χ0n) is 13.0. The Hall–Kier alpha value is -2.79. The van der Waals surface area contributed by atoms with Gasteiger partial charge in [-0.3, -0.25) is 0 Å². The molecule has 0 fully saturated rings. The molecule has 0 bridgehead atoms. The summed E-state index contributed by atoms with van der Waals surface area (Å²) in [5.41, 5.74) is 2.72. The van der Waals surface area contributed by atoms with Gasteiger partial charge in [-0.15, -0.1) is 0 Å². The standard InChI is InChI=1S/C18H15N3O2.ClH/c1-2-15-20-16-11-7-3-6-10-14(11)23-17(16)18(21-15)19-12-8-4-5-9-13(12)22;/h3-10,22H,2H2,1H3,(H,19,20,21);1H/p-1. The zero-order valence-corrected chi connectivity index (χ0v) is 13.7. The Bertz CT molecular complexity index is 1010. The number of nitrogens with one attached hydrogen (secondary N) is 1. The van der Waals surface area contributed by atoms with Crippen LogP contribution in [0.3, 0.4) is 0 Å². The SMILES string of the molecule is CCc1nc(Nc2ccccc2O)c2oc3ccccc3c2n1.[Cl-]. The summed E-state index contributed by atoms with van der Waals surface area (Å²) < 4.78 is 5.93. The van der Waals surface area contributed by atoms with Crippen LogP contribution in [0.1, 0.15) is 12.7 Å². The molecule has 122 valence electrons. The third-order valence-corrected chi connectivity index (χ3v) is 3.74. The second-order valence-electron chi connectivity index (χ2n) is 5.26. The number of halogens is 1. The van der Waals surface area contributed by atoms with Gasteiger partial charge in [0.15, 0.2) is 11.4 Å². The van der Waals surface area contributed by atoms with Crippen LogP contribution < -0.4 is 17.7 Å². The van der Waals surface area contributed by atoms with Gasteiger partial charge in [0, 0.05) is 11.8 Å². The molecule has 0 atom stereocenters. The quantitative estimate of drug-likeness (QED) is 0.552. The van der Waals surface area contributed by atoms with E-state index in [1.54, 1.807) is 18.2 Å². The van der Waals surface area contributed by atoms with E-state index in [1.165, 1.54) is 0 Å². The number of benzene rings is 2. The summed E-state index contributed by atoms with van der Waals surface area (Å²) >= 11 is 0. The van der Waals surface area contributed by atoms with E-state index in [-0.39, 0.29) is 18.2 Å². The van der Waals surface area contributed by atoms with E-state index in [0.717, 1.165) is 22.3 Å². The number of hydrogen-bond donors (Lipinski definition) is 2. The lowest BCUT2D eigenvalue weighted by atomic mass is 10.2. The molecule has 0 spiro atoms. The monoisotopic (exact) mass is 340 g/mol. The Labute approximate surface area is 144 Å². The molecule has 0 amide bonds. The normalized spacial score (nSPS) is 10.7. The molecule has 2 N–H and O–H groups in total. The smallest absolute Gasteiger partial charge is 0.196 e. The number of aromatic hydroxyl groups is 1. The summed E-state index contributed by atoms with van der Waals surface area (Å²) in [6, 6.07) is 14.8. The molecule has 4 rings (SSSR count). The summed E-state index contributed by atoms with van der Waals surface area (Å²) in [5, 5.41) is 14.1. The largest absolute Gasteiger partial charge is 1.00 e. The molecule has 2 aromatic carbocycles. The summed E-state index contributed by atoms with van der Waals surface area (Å²) in [6.45, 7) is 2.01. The maximum Gasteiger partial charge on any atom is 0.196 e. The first kappa shape index (κ1) is 16.1. The van der Waals surface area contributed by atoms with E-state index in [2.05, 4.69) is 15.3 Å². The number of hydrogen-bond acceptors (Lipinski definition) is 5. The van der Waals surface area contributed by atoms with Gasteiger partial charge in [-0.25, -0.2) is 9.97 Å². The third-order valence-electron chi connectivity index (χ3n) is 3.74. The topological polar surface area (TPSA) is 71.2 Å². The second-order valence-corrected chi connectivity index (χ2v) is 5.26. The van der Waals surface area contributed by atoms with E-state index in [4.69, 9.17) is 4.42 Å². The number of para-hydroxylation sites is 3. The Morgan fingerprint density at radius 1 is 1.04 bits per heavy atom. The number of phenolic OH excluding ortho intramolecular Hbond substituents is 1. The first-order chi connectivity index (χ1) is 11.3. The van der Waals surface area contributed by atoms with Gasteiger partial charge in [-0.1, -0.05) is 31.2 Å². The van der Waals surface area contributed by atoms with Crippen LogP contribution in [0.5, 0.6) is 5.75 Å². The maximum atomic E-state index is 9.97. The number of phenols is 1. The van der Waals surface area contributed by atoms with Crippen molar-refractivity contribution >= 4 is 33.6 Å². The number of anilines is 2. The molecule has 6 heteroatoms. The zero-order chi connectivity index (χ0) is 15.8. The molecule has 0 aliphatic heterocycles. The van der Waals surface area contributed by atoms with Gasteiger partial charge in [0.25, 0.3) is 0 Å². The molecule has 0 saturated heterocycles. The van der Waals surface area contributed by atoms with E-state index in [1.807, 2.05) is 37.3 Å². The minimum Gasteiger partial charge on any atom is -1.00 e. The summed E-state index contributed by atoms with van der Waals surface area (Å²) in [7, 11) is 0. The van der Waals surface area contributed by atoms with Crippen LogP contribution in [-0.2, 0) is 6.42 Å². The first-order valence-electron chi connectivity index (χ1n) is 7.49. The lowest BCUT2D eigenvalue weighted by Crippen LogP contribution is -3.00. The summed E-state index contributed by atoms with van der Waals surface area (Å²) in [6.07, 6.45) is 0.713. The highest BCUT2D eigenvalue weighted by Gasteiger charge is 2.16. The van der Waals surface area contributed by atoms with Crippen molar-refractivity contribution in [3.05, 3.63) is 54.4 Å². The Morgan fingerprint density at radius 2 is 1.79 bits per heavy atom. The summed E-state index contributed by atoms with van der Waals surface area (Å²) in [4.78, 5) is 9.12. The van der Waals surface area contributed by atoms with Crippen LogP contribution in [0.25, 0.3) is 22.1 Å². The molecule has 0 unspecified atom stereocenters.